The Labute approximate surface area is 128 Å². The lowest BCUT2D eigenvalue weighted by Gasteiger charge is -2.37. The average molecular weight is 288 g/mol. The zero-order chi connectivity index (χ0) is 14.8. The van der Waals surface area contributed by atoms with E-state index in [4.69, 9.17) is 4.74 Å². The van der Waals surface area contributed by atoms with Crippen LogP contribution < -0.4 is 0 Å². The molecule has 0 radical (unpaired) electrons. The molecule has 0 spiro atoms. The summed E-state index contributed by atoms with van der Waals surface area (Å²) in [6.07, 6.45) is 10.7. The maximum atomic E-state index is 12.7. The van der Waals surface area contributed by atoms with E-state index in [2.05, 4.69) is 32.9 Å². The van der Waals surface area contributed by atoms with Crippen molar-refractivity contribution in [3.63, 3.8) is 0 Å². The first-order valence-electron chi connectivity index (χ1n) is 8.91. The van der Waals surface area contributed by atoms with Gasteiger partial charge in [0.2, 0.25) is 0 Å². The predicted octanol–water partition coefficient (Wildman–Crippen LogP) is 4.20. The number of fused-ring (bicyclic) bond motifs is 9. The number of carbonyl (C=O) groups excluding carboxylic acids is 1. The van der Waals surface area contributed by atoms with Crippen molar-refractivity contribution in [3.8, 4) is 0 Å². The Morgan fingerprint density at radius 1 is 1.14 bits per heavy atom. The Kier molecular flexibility index (Phi) is 3.03. The van der Waals surface area contributed by atoms with Gasteiger partial charge in [0, 0.05) is 0 Å². The molecule has 2 nitrogen and oxygen atoms in total. The van der Waals surface area contributed by atoms with E-state index in [1.165, 1.54) is 12.8 Å². The molecule has 0 aromatic heterocycles. The van der Waals surface area contributed by atoms with Crippen molar-refractivity contribution in [3.05, 3.63) is 12.2 Å². The molecule has 7 atom stereocenters. The molecule has 4 aliphatic rings. The fourth-order valence-corrected chi connectivity index (χ4v) is 6.29. The first kappa shape index (κ1) is 13.8. The predicted molar refractivity (Wildman–Crippen MR) is 82.5 cm³/mol. The van der Waals surface area contributed by atoms with Crippen molar-refractivity contribution in [2.75, 3.05) is 0 Å². The lowest BCUT2D eigenvalue weighted by atomic mass is 9.69. The van der Waals surface area contributed by atoms with Crippen LogP contribution in [0, 0.1) is 41.4 Å². The highest BCUT2D eigenvalue weighted by Crippen LogP contribution is 2.67. The van der Waals surface area contributed by atoms with Gasteiger partial charge in [0.25, 0.3) is 0 Å². The molecule has 0 amide bonds. The highest BCUT2D eigenvalue weighted by molar-refractivity contribution is 5.74. The number of ether oxygens (including phenoxy) is 1. The van der Waals surface area contributed by atoms with Crippen molar-refractivity contribution >= 4 is 5.97 Å². The minimum atomic E-state index is -0.290. The smallest absolute Gasteiger partial charge is 0.309 e. The Hall–Kier alpha value is -0.790. The van der Waals surface area contributed by atoms with Gasteiger partial charge in [0.05, 0.1) is 5.92 Å². The molecule has 4 aliphatic carbocycles. The average Bonchev–Trinajstić information content (AvgIpc) is 3.16. The number of hydrogen-bond donors (Lipinski definition) is 0. The molecular weight excluding hydrogens is 260 g/mol. The minimum absolute atomic E-state index is 0.103. The van der Waals surface area contributed by atoms with E-state index in [1.807, 2.05) is 0 Å². The Balaban J connectivity index is 1.47. The Morgan fingerprint density at radius 3 is 2.57 bits per heavy atom. The van der Waals surface area contributed by atoms with Gasteiger partial charge in [-0.1, -0.05) is 25.5 Å². The highest BCUT2D eigenvalue weighted by Gasteiger charge is 2.62. The molecule has 7 unspecified atom stereocenters. The molecule has 21 heavy (non-hydrogen) atoms. The second-order valence-electron chi connectivity index (χ2n) is 8.54. The van der Waals surface area contributed by atoms with Crippen LogP contribution in [0.1, 0.15) is 52.9 Å². The van der Waals surface area contributed by atoms with E-state index in [-0.39, 0.29) is 17.5 Å². The van der Waals surface area contributed by atoms with Crippen molar-refractivity contribution in [2.24, 2.45) is 41.4 Å². The molecular formula is C19H28O2. The Bertz CT molecular complexity index is 478. The van der Waals surface area contributed by atoms with Crippen molar-refractivity contribution in [1.82, 2.24) is 0 Å². The summed E-state index contributed by atoms with van der Waals surface area (Å²) in [7, 11) is 0. The highest BCUT2D eigenvalue weighted by atomic mass is 16.6. The molecule has 3 saturated carbocycles. The number of hydrogen-bond acceptors (Lipinski definition) is 2. The molecule has 4 rings (SSSR count). The van der Waals surface area contributed by atoms with E-state index in [1.54, 1.807) is 0 Å². The number of rotatable bonds is 4. The van der Waals surface area contributed by atoms with Crippen LogP contribution in [-0.4, -0.2) is 11.6 Å². The van der Waals surface area contributed by atoms with E-state index in [9.17, 15) is 4.79 Å². The van der Waals surface area contributed by atoms with Crippen molar-refractivity contribution < 1.29 is 9.53 Å². The summed E-state index contributed by atoms with van der Waals surface area (Å²) in [6.45, 7) is 6.27. The van der Waals surface area contributed by atoms with Gasteiger partial charge in [-0.15, -0.1) is 0 Å². The molecule has 0 aromatic rings. The molecule has 0 N–H and O–H groups in total. The van der Waals surface area contributed by atoms with Crippen LogP contribution in [0.2, 0.25) is 0 Å². The number of esters is 1. The quantitative estimate of drug-likeness (QED) is 0.440. The zero-order valence-electron chi connectivity index (χ0n) is 13.5. The van der Waals surface area contributed by atoms with Crippen LogP contribution in [-0.2, 0) is 9.53 Å². The van der Waals surface area contributed by atoms with Gasteiger partial charge in [-0.05, 0) is 75.0 Å². The minimum Gasteiger partial charge on any atom is -0.459 e. The van der Waals surface area contributed by atoms with Crippen LogP contribution in [0.15, 0.2) is 12.2 Å². The molecule has 4 bridgehead atoms. The summed E-state index contributed by atoms with van der Waals surface area (Å²) in [5.74, 6) is 5.02. The summed E-state index contributed by atoms with van der Waals surface area (Å²) in [5, 5.41) is 0. The first-order chi connectivity index (χ1) is 10.00. The first-order valence-corrected chi connectivity index (χ1v) is 8.91. The van der Waals surface area contributed by atoms with Gasteiger partial charge < -0.3 is 4.74 Å². The largest absolute Gasteiger partial charge is 0.459 e. The lowest BCUT2D eigenvalue weighted by molar-refractivity contribution is -0.165. The van der Waals surface area contributed by atoms with Gasteiger partial charge >= 0.3 is 5.97 Å². The third-order valence-corrected chi connectivity index (χ3v) is 6.80. The third-order valence-electron chi connectivity index (χ3n) is 6.80. The SMILES string of the molecule is CCCC(C)(C)OC(=O)C1CC2CC1C1C3C=CC(C3)C21. The monoisotopic (exact) mass is 288 g/mol. The van der Waals surface area contributed by atoms with E-state index in [0.29, 0.717) is 5.92 Å². The van der Waals surface area contributed by atoms with Gasteiger partial charge in [-0.25, -0.2) is 0 Å². The van der Waals surface area contributed by atoms with E-state index in [0.717, 1.165) is 48.9 Å². The zero-order valence-corrected chi connectivity index (χ0v) is 13.5. The van der Waals surface area contributed by atoms with Crippen LogP contribution in [0.5, 0.6) is 0 Å². The summed E-state index contributed by atoms with van der Waals surface area (Å²) >= 11 is 0. The van der Waals surface area contributed by atoms with Gasteiger partial charge in [-0.3, -0.25) is 4.79 Å². The molecule has 0 aliphatic heterocycles. The van der Waals surface area contributed by atoms with E-state index >= 15 is 0 Å². The maximum absolute atomic E-state index is 12.7. The summed E-state index contributed by atoms with van der Waals surface area (Å²) in [6, 6.07) is 0. The second kappa shape index (κ2) is 4.60. The van der Waals surface area contributed by atoms with Crippen LogP contribution in [0.4, 0.5) is 0 Å². The topological polar surface area (TPSA) is 26.3 Å². The van der Waals surface area contributed by atoms with Gasteiger partial charge in [0.1, 0.15) is 5.60 Å². The van der Waals surface area contributed by atoms with Gasteiger partial charge in [-0.2, -0.15) is 0 Å². The standard InChI is InChI=1S/C19H28O2/c1-4-7-19(2,3)21-18(20)15-10-13-9-14(15)17-12-6-5-11(8-12)16(13)17/h5-6,11-17H,4,7-10H2,1-3H3. The van der Waals surface area contributed by atoms with Gasteiger partial charge in [0.15, 0.2) is 0 Å². The fraction of sp³-hybridized carbons (Fsp3) is 0.842. The third kappa shape index (κ3) is 2.01. The normalized spacial score (nSPS) is 46.1. The summed E-state index contributed by atoms with van der Waals surface area (Å²) in [5.41, 5.74) is -0.290. The molecule has 3 fully saturated rings. The van der Waals surface area contributed by atoms with E-state index < -0.39 is 0 Å². The number of allylic oxidation sites excluding steroid dienone is 2. The molecule has 0 saturated heterocycles. The van der Waals surface area contributed by atoms with Crippen molar-refractivity contribution in [1.29, 1.82) is 0 Å². The fourth-order valence-electron chi connectivity index (χ4n) is 6.29. The molecule has 0 heterocycles. The second-order valence-corrected chi connectivity index (χ2v) is 8.54. The lowest BCUT2D eigenvalue weighted by Crippen LogP contribution is -2.38. The number of carbonyl (C=O) groups is 1. The maximum Gasteiger partial charge on any atom is 0.309 e. The van der Waals surface area contributed by atoms with Crippen molar-refractivity contribution in [2.45, 2.75) is 58.5 Å². The molecule has 0 aromatic carbocycles. The summed E-state index contributed by atoms with van der Waals surface area (Å²) in [4.78, 5) is 12.7. The van der Waals surface area contributed by atoms with Crippen LogP contribution in [0.3, 0.4) is 0 Å². The van der Waals surface area contributed by atoms with Crippen LogP contribution in [0.25, 0.3) is 0 Å². The summed E-state index contributed by atoms with van der Waals surface area (Å²) < 4.78 is 5.89. The molecule has 116 valence electrons. The van der Waals surface area contributed by atoms with Crippen LogP contribution >= 0.6 is 0 Å². The molecule has 2 heteroatoms. The Morgan fingerprint density at radius 2 is 1.86 bits per heavy atom.